The number of imidazole rings is 1. The fourth-order valence-corrected chi connectivity index (χ4v) is 3.55. The maximum absolute atomic E-state index is 13.4. The van der Waals surface area contributed by atoms with Gasteiger partial charge in [0.2, 0.25) is 0 Å². The molecule has 0 unspecified atom stereocenters. The predicted octanol–water partition coefficient (Wildman–Crippen LogP) is 4.24. The molecule has 0 aliphatic rings. The topological polar surface area (TPSA) is 69.9 Å². The van der Waals surface area contributed by atoms with Gasteiger partial charge in [-0.3, -0.25) is 14.3 Å². The van der Waals surface area contributed by atoms with Crippen LogP contribution < -0.4 is 0 Å². The number of fused-ring (bicyclic) bond motifs is 1. The van der Waals surface area contributed by atoms with Gasteiger partial charge >= 0.3 is 12.5 Å². The Labute approximate surface area is 162 Å². The number of aromatic nitrogens is 4. The zero-order chi connectivity index (χ0) is 19.5. The number of esters is 1. The Bertz CT molecular complexity index is 1110. The third-order valence-corrected chi connectivity index (χ3v) is 4.90. The van der Waals surface area contributed by atoms with Crippen molar-refractivity contribution in [2.45, 2.75) is 19.6 Å². The molecule has 0 amide bonds. The van der Waals surface area contributed by atoms with Crippen molar-refractivity contribution in [3.63, 3.8) is 0 Å². The highest BCUT2D eigenvalue weighted by Crippen LogP contribution is 2.24. The Hall–Kier alpha value is -3.20. The zero-order valence-corrected chi connectivity index (χ0v) is 15.3. The maximum Gasteiger partial charge on any atom is 0.320 e. The van der Waals surface area contributed by atoms with Gasteiger partial charge in [-0.05, 0) is 24.3 Å². The molecule has 0 N–H and O–H groups in total. The van der Waals surface area contributed by atoms with Crippen molar-refractivity contribution in [1.82, 2.24) is 19.5 Å². The number of rotatable bonds is 6. The molecule has 0 fully saturated rings. The van der Waals surface area contributed by atoms with Crippen molar-refractivity contribution in [1.29, 1.82) is 0 Å². The molecule has 0 atom stereocenters. The van der Waals surface area contributed by atoms with Crippen LogP contribution in [0.25, 0.3) is 21.7 Å². The molecule has 1 aromatic carbocycles. The first-order chi connectivity index (χ1) is 13.6. The molecule has 0 radical (unpaired) electrons. The second kappa shape index (κ2) is 7.81. The number of alkyl halides is 2. The van der Waals surface area contributed by atoms with Crippen LogP contribution in [0, 0.1) is 0 Å². The molecule has 4 rings (SSSR count). The average molecular weight is 400 g/mol. The summed E-state index contributed by atoms with van der Waals surface area (Å²) >= 11 is 1.37. The lowest BCUT2D eigenvalue weighted by molar-refractivity contribution is -0.144. The molecule has 0 saturated heterocycles. The summed E-state index contributed by atoms with van der Waals surface area (Å²) in [5.41, 5.74) is 1.98. The van der Waals surface area contributed by atoms with Gasteiger partial charge in [-0.1, -0.05) is 18.2 Å². The van der Waals surface area contributed by atoms with E-state index in [0.29, 0.717) is 21.7 Å². The molecule has 0 aliphatic heterocycles. The molecule has 0 aliphatic carbocycles. The van der Waals surface area contributed by atoms with Crippen molar-refractivity contribution < 1.29 is 18.3 Å². The van der Waals surface area contributed by atoms with E-state index >= 15 is 0 Å². The number of pyridine rings is 1. The summed E-state index contributed by atoms with van der Waals surface area (Å²) in [5, 5.41) is 2.45. The van der Waals surface area contributed by atoms with E-state index < -0.39 is 12.5 Å². The van der Waals surface area contributed by atoms with Crippen LogP contribution in [0.1, 0.15) is 18.1 Å². The van der Waals surface area contributed by atoms with Gasteiger partial charge in [0.05, 0.1) is 28.8 Å². The number of thiazole rings is 1. The van der Waals surface area contributed by atoms with Gasteiger partial charge in [-0.2, -0.15) is 8.78 Å². The fourth-order valence-electron chi connectivity index (χ4n) is 2.75. The third-order valence-electron chi connectivity index (χ3n) is 3.99. The van der Waals surface area contributed by atoms with Gasteiger partial charge in [0.15, 0.2) is 5.82 Å². The van der Waals surface area contributed by atoms with Crippen molar-refractivity contribution in [3.05, 3.63) is 65.6 Å². The van der Waals surface area contributed by atoms with E-state index in [1.54, 1.807) is 35.8 Å². The molecule has 142 valence electrons. The molecule has 0 bridgehead atoms. The van der Waals surface area contributed by atoms with Crippen LogP contribution in [0.5, 0.6) is 0 Å². The number of hydrogen-bond donors (Lipinski definition) is 0. The molecule has 28 heavy (non-hydrogen) atoms. The highest BCUT2D eigenvalue weighted by Gasteiger charge is 2.19. The van der Waals surface area contributed by atoms with E-state index in [9.17, 15) is 13.6 Å². The highest BCUT2D eigenvalue weighted by molar-refractivity contribution is 7.13. The number of nitrogens with zero attached hydrogens (tertiary/aromatic N) is 4. The minimum absolute atomic E-state index is 0.00278. The lowest BCUT2D eigenvalue weighted by atomic mass is 10.3. The smallest absolute Gasteiger partial charge is 0.320 e. The van der Waals surface area contributed by atoms with Gasteiger partial charge in [0, 0.05) is 11.6 Å². The summed E-state index contributed by atoms with van der Waals surface area (Å²) in [7, 11) is 0. The van der Waals surface area contributed by atoms with Crippen LogP contribution in [0.2, 0.25) is 0 Å². The molecule has 3 aromatic heterocycles. The predicted molar refractivity (Wildman–Crippen MR) is 99.8 cm³/mol. The van der Waals surface area contributed by atoms with E-state index in [1.807, 2.05) is 18.2 Å². The van der Waals surface area contributed by atoms with E-state index in [0.717, 1.165) is 10.3 Å². The summed E-state index contributed by atoms with van der Waals surface area (Å²) in [4.78, 5) is 24.9. The number of carbonyl (C=O) groups is 1. The van der Waals surface area contributed by atoms with Crippen LogP contribution in [-0.2, 0) is 22.6 Å². The van der Waals surface area contributed by atoms with Crippen molar-refractivity contribution in [3.8, 4) is 10.7 Å². The zero-order valence-electron chi connectivity index (χ0n) is 14.5. The summed E-state index contributed by atoms with van der Waals surface area (Å²) in [5.74, 6) is -0.567. The Morgan fingerprint density at radius 2 is 1.96 bits per heavy atom. The van der Waals surface area contributed by atoms with E-state index in [4.69, 9.17) is 4.74 Å². The molecule has 6 nitrogen and oxygen atoms in total. The first kappa shape index (κ1) is 18.2. The monoisotopic (exact) mass is 400 g/mol. The van der Waals surface area contributed by atoms with Crippen LogP contribution in [0.15, 0.2) is 54.0 Å². The number of para-hydroxylation sites is 2. The average Bonchev–Trinajstić information content (AvgIpc) is 3.31. The van der Waals surface area contributed by atoms with Crippen molar-refractivity contribution in [2.24, 2.45) is 0 Å². The van der Waals surface area contributed by atoms with Gasteiger partial charge in [0.25, 0.3) is 0 Å². The number of hydrogen-bond acceptors (Lipinski definition) is 6. The SMILES string of the molecule is O=C(Cc1csc(-c2ccccn2)n1)OCc1nc2ccccc2n1C(F)F. The standard InChI is InChI=1S/C19H14F2N4O2S/c20-19(21)25-15-7-2-1-5-13(15)24-16(25)10-27-17(26)9-12-11-28-18(23-12)14-6-3-4-8-22-14/h1-8,11,19H,9-10H2. The minimum atomic E-state index is -2.78. The molecule has 3 heterocycles. The minimum Gasteiger partial charge on any atom is -0.457 e. The fraction of sp³-hybridized carbons (Fsp3) is 0.158. The molecule has 9 heteroatoms. The lowest BCUT2D eigenvalue weighted by Crippen LogP contribution is -2.12. The van der Waals surface area contributed by atoms with E-state index in [1.165, 1.54) is 11.3 Å². The third kappa shape index (κ3) is 3.74. The summed E-state index contributed by atoms with van der Waals surface area (Å²) in [6.07, 6.45) is 1.61. The molecular weight excluding hydrogens is 386 g/mol. The van der Waals surface area contributed by atoms with Crippen LogP contribution >= 0.6 is 11.3 Å². The van der Waals surface area contributed by atoms with Gasteiger partial charge < -0.3 is 4.74 Å². The normalized spacial score (nSPS) is 11.2. The second-order valence-corrected chi connectivity index (χ2v) is 6.72. The van der Waals surface area contributed by atoms with Crippen LogP contribution in [0.3, 0.4) is 0 Å². The molecular formula is C19H14F2N4O2S. The Morgan fingerprint density at radius 1 is 1.14 bits per heavy atom. The number of ether oxygens (including phenoxy) is 1. The van der Waals surface area contributed by atoms with Crippen LogP contribution in [0.4, 0.5) is 8.78 Å². The van der Waals surface area contributed by atoms with E-state index in [2.05, 4.69) is 15.0 Å². The first-order valence-corrected chi connectivity index (χ1v) is 9.25. The molecule has 4 aromatic rings. The largest absolute Gasteiger partial charge is 0.457 e. The van der Waals surface area contributed by atoms with Crippen molar-refractivity contribution >= 4 is 28.3 Å². The summed E-state index contributed by atoms with van der Waals surface area (Å²) in [6, 6.07) is 12.0. The highest BCUT2D eigenvalue weighted by atomic mass is 32.1. The number of halogens is 2. The number of carbonyl (C=O) groups excluding carboxylic acids is 1. The van der Waals surface area contributed by atoms with Crippen molar-refractivity contribution in [2.75, 3.05) is 0 Å². The summed E-state index contributed by atoms with van der Waals surface area (Å²) in [6.45, 7) is -3.12. The Balaban J connectivity index is 1.44. The Kier molecular flexibility index (Phi) is 5.07. The number of benzene rings is 1. The first-order valence-electron chi connectivity index (χ1n) is 8.37. The van der Waals surface area contributed by atoms with Gasteiger partial charge in [0.1, 0.15) is 11.6 Å². The van der Waals surface area contributed by atoms with Gasteiger partial charge in [-0.15, -0.1) is 11.3 Å². The lowest BCUT2D eigenvalue weighted by Gasteiger charge is -2.08. The maximum atomic E-state index is 13.4. The molecule has 0 spiro atoms. The van der Waals surface area contributed by atoms with Crippen LogP contribution in [-0.4, -0.2) is 25.5 Å². The second-order valence-electron chi connectivity index (χ2n) is 5.86. The quantitative estimate of drug-likeness (QED) is 0.453. The van der Waals surface area contributed by atoms with E-state index in [-0.39, 0.29) is 18.9 Å². The summed E-state index contributed by atoms with van der Waals surface area (Å²) < 4.78 is 32.7. The molecule has 0 saturated carbocycles. The Morgan fingerprint density at radius 3 is 2.75 bits per heavy atom. The van der Waals surface area contributed by atoms with Gasteiger partial charge in [-0.25, -0.2) is 9.97 Å².